The fraction of sp³-hybridized carbons (Fsp3) is 0.800. The van der Waals surface area contributed by atoms with Crippen LogP contribution >= 0.6 is 0 Å². The van der Waals surface area contributed by atoms with E-state index in [9.17, 15) is 0 Å². The van der Waals surface area contributed by atoms with Gasteiger partial charge in [-0.05, 0) is 33.6 Å². The maximum Gasteiger partial charge on any atom is 0.110 e. The Morgan fingerprint density at radius 1 is 1.58 bits per heavy atom. The van der Waals surface area contributed by atoms with E-state index in [1.165, 1.54) is 5.57 Å². The van der Waals surface area contributed by atoms with Crippen molar-refractivity contribution in [1.82, 2.24) is 0 Å². The quantitative estimate of drug-likeness (QED) is 0.516. The molecule has 0 radical (unpaired) electrons. The Morgan fingerprint density at radius 3 is 2.67 bits per heavy atom. The number of allylic oxidation sites excluding steroid dienone is 2. The zero-order valence-electron chi connectivity index (χ0n) is 8.13. The highest BCUT2D eigenvalue weighted by Gasteiger charge is 2.50. The summed E-state index contributed by atoms with van der Waals surface area (Å²) in [6.45, 7) is 6.41. The third-order valence-electron chi connectivity index (χ3n) is 2.39. The molecular weight excluding hydrogens is 152 g/mol. The summed E-state index contributed by atoms with van der Waals surface area (Å²) in [7, 11) is 0. The van der Waals surface area contributed by atoms with E-state index in [1.807, 2.05) is 0 Å². The van der Waals surface area contributed by atoms with E-state index in [-0.39, 0.29) is 18.3 Å². The summed E-state index contributed by atoms with van der Waals surface area (Å²) >= 11 is 0. The fourth-order valence-corrected chi connectivity index (χ4v) is 1.39. The van der Waals surface area contributed by atoms with Crippen molar-refractivity contribution in [3.05, 3.63) is 11.6 Å². The number of aliphatic hydroxyl groups is 1. The topological polar surface area (TPSA) is 32.8 Å². The van der Waals surface area contributed by atoms with E-state index in [0.717, 1.165) is 12.8 Å². The van der Waals surface area contributed by atoms with Gasteiger partial charge in [0.25, 0.3) is 0 Å². The summed E-state index contributed by atoms with van der Waals surface area (Å²) in [4.78, 5) is 0. The van der Waals surface area contributed by atoms with Gasteiger partial charge in [-0.1, -0.05) is 11.6 Å². The summed E-state index contributed by atoms with van der Waals surface area (Å²) in [6.07, 6.45) is 4.36. The first-order chi connectivity index (χ1) is 5.58. The molecule has 0 aromatic rings. The third-order valence-corrected chi connectivity index (χ3v) is 2.39. The average Bonchev–Trinajstić information content (AvgIpc) is 2.61. The normalized spacial score (nSPS) is 33.2. The molecule has 0 bridgehead atoms. The highest BCUT2D eigenvalue weighted by molar-refractivity contribution is 5.02. The van der Waals surface area contributed by atoms with Gasteiger partial charge in [-0.2, -0.15) is 0 Å². The Bertz CT molecular complexity index is 182. The second-order valence-electron chi connectivity index (χ2n) is 3.92. The molecule has 1 unspecified atom stereocenters. The fourth-order valence-electron chi connectivity index (χ4n) is 1.39. The molecule has 0 saturated carbocycles. The van der Waals surface area contributed by atoms with E-state index in [4.69, 9.17) is 9.84 Å². The molecule has 1 N–H and O–H groups in total. The maximum absolute atomic E-state index is 8.81. The second-order valence-corrected chi connectivity index (χ2v) is 3.92. The van der Waals surface area contributed by atoms with Gasteiger partial charge in [0.15, 0.2) is 0 Å². The molecule has 2 heteroatoms. The van der Waals surface area contributed by atoms with Crippen molar-refractivity contribution < 1.29 is 9.84 Å². The maximum atomic E-state index is 8.81. The van der Waals surface area contributed by atoms with Crippen molar-refractivity contribution in [2.24, 2.45) is 0 Å². The van der Waals surface area contributed by atoms with Crippen LogP contribution in [0.25, 0.3) is 0 Å². The Labute approximate surface area is 74.2 Å². The van der Waals surface area contributed by atoms with Crippen molar-refractivity contribution in [2.75, 3.05) is 6.61 Å². The first kappa shape index (κ1) is 9.75. The largest absolute Gasteiger partial charge is 0.394 e. The first-order valence-electron chi connectivity index (χ1n) is 4.50. The van der Waals surface area contributed by atoms with E-state index in [1.54, 1.807) is 0 Å². The van der Waals surface area contributed by atoms with E-state index < -0.39 is 0 Å². The molecule has 1 rings (SSSR count). The van der Waals surface area contributed by atoms with Crippen LogP contribution in [0, 0.1) is 0 Å². The lowest BCUT2D eigenvalue weighted by Crippen LogP contribution is -2.11. The van der Waals surface area contributed by atoms with Gasteiger partial charge >= 0.3 is 0 Å². The molecular formula is C10H18O2. The lowest BCUT2D eigenvalue weighted by molar-refractivity contribution is 0.235. The van der Waals surface area contributed by atoms with Crippen LogP contribution in [0.2, 0.25) is 0 Å². The number of ether oxygens (including phenoxy) is 1. The standard InChI is InChI=1S/C10H18O2/c1-8(2)5-4-6-10(3)9(7-11)12-10/h5,9,11H,4,6-7H2,1-3H3/t9-,10?/m1/s1. The zero-order chi connectivity index (χ0) is 9.19. The Morgan fingerprint density at radius 2 is 2.25 bits per heavy atom. The summed E-state index contributed by atoms with van der Waals surface area (Å²) in [6, 6.07) is 0. The third kappa shape index (κ3) is 2.32. The monoisotopic (exact) mass is 170 g/mol. The van der Waals surface area contributed by atoms with E-state index in [0.29, 0.717) is 0 Å². The summed E-state index contributed by atoms with van der Waals surface area (Å²) in [5.41, 5.74) is 1.31. The SMILES string of the molecule is CC(C)=CCCC1(C)O[C@@H]1CO. The summed E-state index contributed by atoms with van der Waals surface area (Å²) in [5, 5.41) is 8.81. The van der Waals surface area contributed by atoms with Gasteiger partial charge < -0.3 is 9.84 Å². The van der Waals surface area contributed by atoms with Crippen LogP contribution in [0.1, 0.15) is 33.6 Å². The van der Waals surface area contributed by atoms with E-state index >= 15 is 0 Å². The minimum atomic E-state index is -0.0410. The average molecular weight is 170 g/mol. The number of rotatable bonds is 4. The Balaban J connectivity index is 2.21. The highest BCUT2D eigenvalue weighted by Crippen LogP contribution is 2.39. The van der Waals surface area contributed by atoms with Gasteiger partial charge in [-0.15, -0.1) is 0 Å². The van der Waals surface area contributed by atoms with Crippen molar-refractivity contribution in [2.45, 2.75) is 45.3 Å². The zero-order valence-corrected chi connectivity index (χ0v) is 8.13. The van der Waals surface area contributed by atoms with E-state index in [2.05, 4.69) is 26.8 Å². The van der Waals surface area contributed by atoms with Gasteiger partial charge in [-0.3, -0.25) is 0 Å². The van der Waals surface area contributed by atoms with Crippen molar-refractivity contribution >= 4 is 0 Å². The predicted molar refractivity (Wildman–Crippen MR) is 49.0 cm³/mol. The van der Waals surface area contributed by atoms with Crippen LogP contribution in [0.5, 0.6) is 0 Å². The van der Waals surface area contributed by atoms with Gasteiger partial charge in [0, 0.05) is 0 Å². The molecule has 0 aliphatic carbocycles. The number of hydrogen-bond acceptors (Lipinski definition) is 2. The highest BCUT2D eigenvalue weighted by atomic mass is 16.6. The lowest BCUT2D eigenvalue weighted by atomic mass is 10.0. The molecule has 1 aliphatic rings. The minimum Gasteiger partial charge on any atom is -0.394 e. The minimum absolute atomic E-state index is 0.0410. The molecule has 0 spiro atoms. The molecule has 1 fully saturated rings. The molecule has 1 saturated heterocycles. The molecule has 12 heavy (non-hydrogen) atoms. The van der Waals surface area contributed by atoms with Crippen LogP contribution < -0.4 is 0 Å². The summed E-state index contributed by atoms with van der Waals surface area (Å²) in [5.74, 6) is 0. The van der Waals surface area contributed by atoms with Crippen LogP contribution in [0.15, 0.2) is 11.6 Å². The molecule has 1 heterocycles. The second kappa shape index (κ2) is 3.58. The number of hydrogen-bond donors (Lipinski definition) is 1. The molecule has 2 atom stereocenters. The molecule has 1 aliphatic heterocycles. The smallest absolute Gasteiger partial charge is 0.110 e. The molecule has 0 aromatic carbocycles. The summed E-state index contributed by atoms with van der Waals surface area (Å²) < 4.78 is 5.36. The van der Waals surface area contributed by atoms with Crippen LogP contribution in [0.3, 0.4) is 0 Å². The first-order valence-corrected chi connectivity index (χ1v) is 4.50. The van der Waals surface area contributed by atoms with Crippen molar-refractivity contribution in [3.63, 3.8) is 0 Å². The Kier molecular flexibility index (Phi) is 2.91. The lowest BCUT2D eigenvalue weighted by Gasteiger charge is -2.02. The van der Waals surface area contributed by atoms with Crippen LogP contribution in [-0.2, 0) is 4.74 Å². The number of epoxide rings is 1. The number of aliphatic hydroxyl groups excluding tert-OH is 1. The van der Waals surface area contributed by atoms with Gasteiger partial charge in [0.05, 0.1) is 12.2 Å². The van der Waals surface area contributed by atoms with Gasteiger partial charge in [-0.25, -0.2) is 0 Å². The molecule has 0 amide bonds. The van der Waals surface area contributed by atoms with Crippen LogP contribution in [0.4, 0.5) is 0 Å². The predicted octanol–water partition coefficient (Wildman–Crippen LogP) is 1.88. The molecule has 2 nitrogen and oxygen atoms in total. The van der Waals surface area contributed by atoms with Crippen LogP contribution in [-0.4, -0.2) is 23.4 Å². The van der Waals surface area contributed by atoms with Crippen molar-refractivity contribution in [1.29, 1.82) is 0 Å². The Hall–Kier alpha value is -0.340. The molecule has 0 aromatic heterocycles. The molecule has 70 valence electrons. The van der Waals surface area contributed by atoms with Gasteiger partial charge in [0.2, 0.25) is 0 Å². The van der Waals surface area contributed by atoms with Crippen molar-refractivity contribution in [3.8, 4) is 0 Å². The van der Waals surface area contributed by atoms with Gasteiger partial charge in [0.1, 0.15) is 6.10 Å².